The van der Waals surface area contributed by atoms with Crippen molar-refractivity contribution < 1.29 is 14.0 Å². The van der Waals surface area contributed by atoms with Crippen molar-refractivity contribution in [3.05, 3.63) is 47.7 Å². The highest BCUT2D eigenvalue weighted by molar-refractivity contribution is 5.91. The minimum Gasteiger partial charge on any atom is -0.454 e. The van der Waals surface area contributed by atoms with Crippen LogP contribution in [0.15, 0.2) is 34.9 Å². The Morgan fingerprint density at radius 1 is 1.18 bits per heavy atom. The molecule has 2 amide bonds. The van der Waals surface area contributed by atoms with E-state index in [0.29, 0.717) is 37.1 Å². The van der Waals surface area contributed by atoms with E-state index in [1.54, 1.807) is 6.07 Å². The van der Waals surface area contributed by atoms with Crippen LogP contribution in [0.3, 0.4) is 0 Å². The summed E-state index contributed by atoms with van der Waals surface area (Å²) in [5.41, 5.74) is 1.05. The first-order valence-electron chi connectivity index (χ1n) is 10.1. The number of carbonyl (C=O) groups is 2. The number of hydrogen-bond acceptors (Lipinski definition) is 3. The van der Waals surface area contributed by atoms with Crippen LogP contribution >= 0.6 is 0 Å². The van der Waals surface area contributed by atoms with Crippen molar-refractivity contribution in [3.8, 4) is 0 Å². The zero-order valence-corrected chi connectivity index (χ0v) is 17.7. The van der Waals surface area contributed by atoms with E-state index in [0.717, 1.165) is 18.7 Å². The number of nitrogens with zero attached hydrogens (tertiary/aromatic N) is 2. The molecule has 0 unspecified atom stereocenters. The van der Waals surface area contributed by atoms with Crippen LogP contribution < -0.4 is 5.32 Å². The molecule has 0 atom stereocenters. The summed E-state index contributed by atoms with van der Waals surface area (Å²) in [6.45, 7) is 12.5. The van der Waals surface area contributed by atoms with E-state index in [2.05, 4.69) is 16.8 Å². The Labute approximate surface area is 167 Å². The van der Waals surface area contributed by atoms with Gasteiger partial charge in [-0.1, -0.05) is 34.6 Å². The molecule has 0 saturated heterocycles. The summed E-state index contributed by atoms with van der Waals surface area (Å²) in [5, 5.41) is 2.86. The lowest BCUT2D eigenvalue weighted by molar-refractivity contribution is -0.135. The lowest BCUT2D eigenvalue weighted by Crippen LogP contribution is -2.35. The van der Waals surface area contributed by atoms with Gasteiger partial charge in [-0.15, -0.1) is 0 Å². The molecule has 2 aromatic rings. The predicted molar refractivity (Wildman–Crippen MR) is 110 cm³/mol. The fourth-order valence-electron chi connectivity index (χ4n) is 2.98. The van der Waals surface area contributed by atoms with E-state index in [1.807, 2.05) is 57.0 Å². The minimum atomic E-state index is -0.190. The maximum atomic E-state index is 12.5. The second kappa shape index (κ2) is 10.2. The van der Waals surface area contributed by atoms with Crippen molar-refractivity contribution in [1.82, 2.24) is 14.8 Å². The smallest absolute Gasteiger partial charge is 0.287 e. The molecule has 0 aliphatic rings. The Balaban J connectivity index is 2.06. The molecule has 0 aromatic carbocycles. The van der Waals surface area contributed by atoms with E-state index >= 15 is 0 Å². The quantitative estimate of drug-likeness (QED) is 0.672. The Bertz CT molecular complexity index is 774. The molecule has 28 heavy (non-hydrogen) atoms. The van der Waals surface area contributed by atoms with Crippen LogP contribution in [0.2, 0.25) is 0 Å². The van der Waals surface area contributed by atoms with Gasteiger partial charge in [0.1, 0.15) is 5.76 Å². The van der Waals surface area contributed by atoms with Gasteiger partial charge < -0.3 is 19.2 Å². The fraction of sp³-hybridized carbons (Fsp3) is 0.545. The first-order valence-corrected chi connectivity index (χ1v) is 10.1. The summed E-state index contributed by atoms with van der Waals surface area (Å²) in [4.78, 5) is 26.5. The van der Waals surface area contributed by atoms with Crippen molar-refractivity contribution in [3.63, 3.8) is 0 Å². The zero-order chi connectivity index (χ0) is 20.7. The number of carbonyl (C=O) groups excluding carboxylic acids is 2. The molecule has 1 N–H and O–H groups in total. The Hall–Kier alpha value is -2.50. The van der Waals surface area contributed by atoms with Gasteiger partial charge in [0, 0.05) is 30.9 Å². The van der Waals surface area contributed by atoms with Gasteiger partial charge in [-0.05, 0) is 36.6 Å². The molecule has 0 saturated carbocycles. The van der Waals surface area contributed by atoms with Gasteiger partial charge >= 0.3 is 0 Å². The summed E-state index contributed by atoms with van der Waals surface area (Å²) in [6.07, 6.45) is 2.90. The van der Waals surface area contributed by atoms with Crippen LogP contribution in [0.5, 0.6) is 0 Å². The number of hydrogen-bond donors (Lipinski definition) is 1. The van der Waals surface area contributed by atoms with Gasteiger partial charge in [0.15, 0.2) is 5.76 Å². The van der Waals surface area contributed by atoms with Crippen LogP contribution in [-0.2, 0) is 17.9 Å². The van der Waals surface area contributed by atoms with Gasteiger partial charge in [0.2, 0.25) is 5.91 Å². The normalized spacial score (nSPS) is 11.2. The molecule has 2 aromatic heterocycles. The van der Waals surface area contributed by atoms with Crippen LogP contribution in [0.25, 0.3) is 0 Å². The predicted octanol–water partition coefficient (Wildman–Crippen LogP) is 3.91. The minimum absolute atomic E-state index is 0.0213. The van der Waals surface area contributed by atoms with Crippen molar-refractivity contribution >= 4 is 11.8 Å². The molecular formula is C22H33N3O3. The summed E-state index contributed by atoms with van der Waals surface area (Å²) in [7, 11) is 0. The zero-order valence-electron chi connectivity index (χ0n) is 17.7. The van der Waals surface area contributed by atoms with Crippen molar-refractivity contribution in [2.45, 2.75) is 54.1 Å². The Kier molecular flexibility index (Phi) is 7.91. The van der Waals surface area contributed by atoms with Crippen LogP contribution in [0.1, 0.15) is 63.0 Å². The number of nitrogens with one attached hydrogen (secondary N) is 1. The van der Waals surface area contributed by atoms with Gasteiger partial charge in [-0.25, -0.2) is 0 Å². The van der Waals surface area contributed by atoms with Crippen LogP contribution in [0.4, 0.5) is 0 Å². The lowest BCUT2D eigenvalue weighted by atomic mass is 10.2. The standard InChI is InChI=1S/C22H33N3O3/c1-6-11-25(22(27)17(4)5)14-18-8-7-12-24(18)15-19-9-10-20(28-19)21(26)23-13-16(2)3/h7-10,12,16-17H,6,11,13-15H2,1-5H3,(H,23,26). The maximum Gasteiger partial charge on any atom is 0.287 e. The molecule has 154 valence electrons. The van der Waals surface area contributed by atoms with E-state index in [1.165, 1.54) is 0 Å². The third-order valence-corrected chi connectivity index (χ3v) is 4.46. The monoisotopic (exact) mass is 387 g/mol. The highest BCUT2D eigenvalue weighted by Gasteiger charge is 2.18. The highest BCUT2D eigenvalue weighted by atomic mass is 16.4. The molecule has 6 heteroatoms. The topological polar surface area (TPSA) is 67.5 Å². The summed E-state index contributed by atoms with van der Waals surface area (Å²) >= 11 is 0. The van der Waals surface area contributed by atoms with E-state index in [-0.39, 0.29) is 17.7 Å². The summed E-state index contributed by atoms with van der Waals surface area (Å²) in [5.74, 6) is 1.38. The average Bonchev–Trinajstić information content (AvgIpc) is 3.28. The Morgan fingerprint density at radius 2 is 1.93 bits per heavy atom. The van der Waals surface area contributed by atoms with Gasteiger partial charge in [-0.2, -0.15) is 0 Å². The summed E-state index contributed by atoms with van der Waals surface area (Å²) in [6, 6.07) is 7.53. The largest absolute Gasteiger partial charge is 0.454 e. The van der Waals surface area contributed by atoms with E-state index < -0.39 is 0 Å². The molecule has 0 fully saturated rings. The highest BCUT2D eigenvalue weighted by Crippen LogP contribution is 2.15. The molecule has 0 radical (unpaired) electrons. The SMILES string of the molecule is CCCN(Cc1cccn1Cc1ccc(C(=O)NCC(C)C)o1)C(=O)C(C)C. The third kappa shape index (κ3) is 6.01. The second-order valence-corrected chi connectivity index (χ2v) is 7.91. The molecule has 0 aliphatic carbocycles. The fourth-order valence-corrected chi connectivity index (χ4v) is 2.98. The number of furan rings is 1. The molecule has 2 rings (SSSR count). The first-order chi connectivity index (χ1) is 13.3. The first kappa shape index (κ1) is 21.8. The maximum absolute atomic E-state index is 12.5. The molecule has 0 spiro atoms. The molecule has 0 aliphatic heterocycles. The molecule has 2 heterocycles. The number of aromatic nitrogens is 1. The molecular weight excluding hydrogens is 354 g/mol. The van der Waals surface area contributed by atoms with E-state index in [9.17, 15) is 9.59 Å². The Morgan fingerprint density at radius 3 is 2.57 bits per heavy atom. The van der Waals surface area contributed by atoms with Crippen LogP contribution in [-0.4, -0.2) is 34.4 Å². The van der Waals surface area contributed by atoms with Gasteiger partial charge in [0.25, 0.3) is 5.91 Å². The number of rotatable bonds is 10. The summed E-state index contributed by atoms with van der Waals surface area (Å²) < 4.78 is 7.79. The van der Waals surface area contributed by atoms with E-state index in [4.69, 9.17) is 4.42 Å². The van der Waals surface area contributed by atoms with Crippen molar-refractivity contribution in [2.75, 3.05) is 13.1 Å². The van der Waals surface area contributed by atoms with Crippen molar-refractivity contribution in [1.29, 1.82) is 0 Å². The average molecular weight is 388 g/mol. The van der Waals surface area contributed by atoms with Gasteiger partial charge in [-0.3, -0.25) is 9.59 Å². The lowest BCUT2D eigenvalue weighted by Gasteiger charge is -2.24. The molecule has 6 nitrogen and oxygen atoms in total. The third-order valence-electron chi connectivity index (χ3n) is 4.46. The number of amides is 2. The van der Waals surface area contributed by atoms with Gasteiger partial charge in [0.05, 0.1) is 13.1 Å². The second-order valence-electron chi connectivity index (χ2n) is 7.91. The van der Waals surface area contributed by atoms with Crippen LogP contribution in [0, 0.1) is 11.8 Å². The molecule has 0 bridgehead atoms. The van der Waals surface area contributed by atoms with Crippen molar-refractivity contribution in [2.24, 2.45) is 11.8 Å².